The Kier molecular flexibility index (Phi) is 20.2. The van der Waals surface area contributed by atoms with E-state index in [2.05, 4.69) is 6.92 Å². The second-order valence-corrected chi connectivity index (χ2v) is 9.02. The van der Waals surface area contributed by atoms with E-state index >= 15 is 0 Å². The Labute approximate surface area is 195 Å². The van der Waals surface area contributed by atoms with Crippen molar-refractivity contribution in [2.75, 3.05) is 0 Å². The first-order chi connectivity index (χ1) is 15.3. The van der Waals surface area contributed by atoms with Gasteiger partial charge in [-0.3, -0.25) is 14.4 Å². The molecule has 0 aliphatic carbocycles. The molecule has 0 radical (unpaired) electrons. The monoisotopic (exact) mass is 456 g/mol. The normalized spacial score (nSPS) is 12.8. The summed E-state index contributed by atoms with van der Waals surface area (Å²) in [6.07, 6.45) is 18.5. The first-order valence-electron chi connectivity index (χ1n) is 12.9. The van der Waals surface area contributed by atoms with Crippen molar-refractivity contribution in [2.24, 2.45) is 0 Å². The highest BCUT2D eigenvalue weighted by Crippen LogP contribution is 2.18. The minimum atomic E-state index is -0.986. The van der Waals surface area contributed by atoms with E-state index in [-0.39, 0.29) is 18.5 Å². The van der Waals surface area contributed by atoms with Gasteiger partial charge in [0.05, 0.1) is 6.42 Å². The van der Waals surface area contributed by atoms with Crippen LogP contribution < -0.4 is 0 Å². The van der Waals surface area contributed by atoms with Crippen LogP contribution in [-0.4, -0.2) is 35.2 Å². The van der Waals surface area contributed by atoms with Crippen molar-refractivity contribution in [3.8, 4) is 0 Å². The lowest BCUT2D eigenvalue weighted by Crippen LogP contribution is -2.22. The van der Waals surface area contributed by atoms with E-state index in [1.54, 1.807) is 0 Å². The second-order valence-electron chi connectivity index (χ2n) is 9.02. The topological polar surface area (TPSA) is 89.9 Å². The van der Waals surface area contributed by atoms with Gasteiger partial charge in [0.25, 0.3) is 0 Å². The molecule has 0 spiro atoms. The zero-order valence-corrected chi connectivity index (χ0v) is 20.9. The molecule has 0 unspecified atom stereocenters. The number of hydrogen-bond acceptors (Lipinski definition) is 5. The van der Waals surface area contributed by atoms with Gasteiger partial charge < -0.3 is 14.6 Å². The van der Waals surface area contributed by atoms with E-state index in [1.165, 1.54) is 84.5 Å². The SMILES string of the molecule is CCCCCCCCCCCCCCC[C@H](CCC[C@H](CC(=O)O)OC(C)=O)OC(C)=O. The molecule has 0 aliphatic rings. The number of unbranched alkanes of at least 4 members (excludes halogenated alkanes) is 12. The third-order valence-corrected chi connectivity index (χ3v) is 5.75. The van der Waals surface area contributed by atoms with Crippen molar-refractivity contribution >= 4 is 17.9 Å². The van der Waals surface area contributed by atoms with Gasteiger partial charge in [-0.1, -0.05) is 84.0 Å². The van der Waals surface area contributed by atoms with Crippen LogP contribution in [-0.2, 0) is 23.9 Å². The van der Waals surface area contributed by atoms with Gasteiger partial charge in [-0.15, -0.1) is 0 Å². The lowest BCUT2D eigenvalue weighted by Gasteiger charge is -2.19. The Bertz CT molecular complexity index is 475. The molecule has 0 bridgehead atoms. The van der Waals surface area contributed by atoms with E-state index in [0.717, 1.165) is 19.3 Å². The summed E-state index contributed by atoms with van der Waals surface area (Å²) < 4.78 is 10.5. The molecule has 0 saturated heterocycles. The largest absolute Gasteiger partial charge is 0.481 e. The number of rotatable bonds is 22. The van der Waals surface area contributed by atoms with Gasteiger partial charge in [-0.2, -0.15) is 0 Å². The second kappa shape index (κ2) is 21.3. The van der Waals surface area contributed by atoms with Crippen molar-refractivity contribution in [3.05, 3.63) is 0 Å². The Balaban J connectivity index is 3.89. The molecule has 6 heteroatoms. The van der Waals surface area contributed by atoms with Crippen LogP contribution in [0.5, 0.6) is 0 Å². The van der Waals surface area contributed by atoms with Crippen LogP contribution in [0.15, 0.2) is 0 Å². The van der Waals surface area contributed by atoms with Gasteiger partial charge in [-0.25, -0.2) is 0 Å². The van der Waals surface area contributed by atoms with E-state index in [9.17, 15) is 14.4 Å². The summed E-state index contributed by atoms with van der Waals surface area (Å²) in [6.45, 7) is 4.96. The molecule has 0 heterocycles. The number of ether oxygens (including phenoxy) is 2. The number of esters is 2. The Morgan fingerprint density at radius 3 is 1.41 bits per heavy atom. The van der Waals surface area contributed by atoms with Gasteiger partial charge in [0.15, 0.2) is 0 Å². The summed E-state index contributed by atoms with van der Waals surface area (Å²) in [7, 11) is 0. The number of carbonyl (C=O) groups is 3. The fourth-order valence-corrected chi connectivity index (χ4v) is 4.09. The van der Waals surface area contributed by atoms with Crippen LogP contribution >= 0.6 is 0 Å². The molecular weight excluding hydrogens is 408 g/mol. The molecule has 0 aromatic heterocycles. The molecule has 2 atom stereocenters. The van der Waals surface area contributed by atoms with Gasteiger partial charge in [0, 0.05) is 13.8 Å². The minimum absolute atomic E-state index is 0.150. The Hall–Kier alpha value is -1.59. The van der Waals surface area contributed by atoms with Gasteiger partial charge >= 0.3 is 17.9 Å². The average Bonchev–Trinajstić information content (AvgIpc) is 2.69. The molecule has 32 heavy (non-hydrogen) atoms. The first kappa shape index (κ1) is 30.4. The van der Waals surface area contributed by atoms with Gasteiger partial charge in [0.2, 0.25) is 0 Å². The zero-order chi connectivity index (χ0) is 24.0. The van der Waals surface area contributed by atoms with Crippen LogP contribution in [0.3, 0.4) is 0 Å². The number of aliphatic carboxylic acids is 1. The summed E-state index contributed by atoms with van der Waals surface area (Å²) in [5.41, 5.74) is 0. The Morgan fingerprint density at radius 2 is 0.969 bits per heavy atom. The van der Waals surface area contributed by atoms with E-state index < -0.39 is 18.0 Å². The smallest absolute Gasteiger partial charge is 0.307 e. The molecule has 0 aromatic rings. The maximum absolute atomic E-state index is 11.4. The highest BCUT2D eigenvalue weighted by molar-refractivity contribution is 5.69. The molecular formula is C26H48O6. The van der Waals surface area contributed by atoms with Crippen molar-refractivity contribution in [1.82, 2.24) is 0 Å². The number of carboxylic acids is 1. The van der Waals surface area contributed by atoms with Crippen molar-refractivity contribution in [1.29, 1.82) is 0 Å². The number of hydrogen-bond donors (Lipinski definition) is 1. The summed E-state index contributed by atoms with van der Waals surface area (Å²) in [5, 5.41) is 8.95. The molecule has 0 fully saturated rings. The standard InChI is InChI=1S/C26H48O6/c1-4-5-6-7-8-9-10-11-12-13-14-15-16-18-24(31-22(2)27)19-17-20-25(21-26(29)30)32-23(3)28/h24-25H,4-21H2,1-3H3,(H,29,30)/t24-,25-/m1/s1. The number of carbonyl (C=O) groups excluding carboxylic acids is 2. The van der Waals surface area contributed by atoms with Crippen molar-refractivity contribution in [2.45, 2.75) is 149 Å². The average molecular weight is 457 g/mol. The summed E-state index contributed by atoms with van der Waals surface area (Å²) in [5.74, 6) is -1.74. The fraction of sp³-hybridized carbons (Fsp3) is 0.885. The molecule has 0 aromatic carbocycles. The lowest BCUT2D eigenvalue weighted by atomic mass is 10.0. The highest BCUT2D eigenvalue weighted by Gasteiger charge is 2.18. The summed E-state index contributed by atoms with van der Waals surface area (Å²) in [4.78, 5) is 33.5. The zero-order valence-electron chi connectivity index (χ0n) is 20.9. The molecule has 1 N–H and O–H groups in total. The van der Waals surface area contributed by atoms with Crippen LogP contribution in [0, 0.1) is 0 Å². The summed E-state index contributed by atoms with van der Waals surface area (Å²) >= 11 is 0. The van der Waals surface area contributed by atoms with E-state index in [0.29, 0.717) is 19.3 Å². The van der Waals surface area contributed by atoms with Crippen LogP contribution in [0.2, 0.25) is 0 Å². The Morgan fingerprint density at radius 1 is 0.594 bits per heavy atom. The number of carboxylic acid groups (broad SMARTS) is 1. The van der Waals surface area contributed by atoms with Crippen molar-refractivity contribution < 1.29 is 29.0 Å². The van der Waals surface area contributed by atoms with Crippen LogP contribution in [0.25, 0.3) is 0 Å². The predicted octanol–water partition coefficient (Wildman–Crippen LogP) is 6.98. The molecule has 6 nitrogen and oxygen atoms in total. The first-order valence-corrected chi connectivity index (χ1v) is 12.9. The van der Waals surface area contributed by atoms with Crippen LogP contribution in [0.1, 0.15) is 136 Å². The molecule has 0 rings (SSSR count). The molecule has 0 saturated carbocycles. The van der Waals surface area contributed by atoms with Gasteiger partial charge in [-0.05, 0) is 32.1 Å². The predicted molar refractivity (Wildman–Crippen MR) is 128 cm³/mol. The molecule has 0 amide bonds. The quantitative estimate of drug-likeness (QED) is 0.140. The summed E-state index contributed by atoms with van der Waals surface area (Å²) in [6, 6.07) is 0. The molecule has 0 aliphatic heterocycles. The molecule has 188 valence electrons. The maximum Gasteiger partial charge on any atom is 0.307 e. The lowest BCUT2D eigenvalue weighted by molar-refractivity contribution is -0.151. The van der Waals surface area contributed by atoms with E-state index in [4.69, 9.17) is 14.6 Å². The third kappa shape index (κ3) is 21.6. The third-order valence-electron chi connectivity index (χ3n) is 5.75. The van der Waals surface area contributed by atoms with Crippen molar-refractivity contribution in [3.63, 3.8) is 0 Å². The highest BCUT2D eigenvalue weighted by atomic mass is 16.5. The fourth-order valence-electron chi connectivity index (χ4n) is 4.09. The van der Waals surface area contributed by atoms with E-state index in [1.807, 2.05) is 0 Å². The van der Waals surface area contributed by atoms with Crippen LogP contribution in [0.4, 0.5) is 0 Å². The maximum atomic E-state index is 11.4. The van der Waals surface area contributed by atoms with Gasteiger partial charge in [0.1, 0.15) is 12.2 Å². The minimum Gasteiger partial charge on any atom is -0.481 e.